The highest BCUT2D eigenvalue weighted by molar-refractivity contribution is 7.98. The molecule has 25 heavy (non-hydrogen) atoms. The number of rotatable bonds is 5. The van der Waals surface area contributed by atoms with Crippen LogP contribution < -0.4 is 4.74 Å². The van der Waals surface area contributed by atoms with Gasteiger partial charge in [-0.2, -0.15) is 0 Å². The molecule has 0 atom stereocenters. The molecule has 4 rings (SSSR count). The van der Waals surface area contributed by atoms with Crippen molar-refractivity contribution in [3.8, 4) is 11.4 Å². The van der Waals surface area contributed by atoms with E-state index in [4.69, 9.17) is 16.3 Å². The predicted octanol–water partition coefficient (Wildman–Crippen LogP) is 3.87. The number of methoxy groups -OCH3 is 1. The van der Waals surface area contributed by atoms with E-state index in [2.05, 4.69) is 15.2 Å². The zero-order valence-corrected chi connectivity index (χ0v) is 14.9. The first-order valence-electron chi connectivity index (χ1n) is 7.53. The Kier molecular flexibility index (Phi) is 4.33. The third-order valence-electron chi connectivity index (χ3n) is 3.66. The molecule has 126 valence electrons. The smallest absolute Gasteiger partial charge is 0.195 e. The Morgan fingerprint density at radius 3 is 3.00 bits per heavy atom. The topological polar surface area (TPSA) is 57.2 Å². The number of imidazole rings is 1. The normalized spacial score (nSPS) is 11.1. The number of aromatic nitrogens is 5. The number of hydrogen-bond donors (Lipinski definition) is 0. The number of thioether (sulfide) groups is 1. The number of nitrogens with zero attached hydrogens (tertiary/aromatic N) is 5. The second-order valence-electron chi connectivity index (χ2n) is 5.32. The molecule has 0 radical (unpaired) electrons. The Bertz CT molecular complexity index is 1030. The molecule has 0 saturated heterocycles. The van der Waals surface area contributed by atoms with Gasteiger partial charge in [0.1, 0.15) is 17.7 Å². The molecule has 3 heterocycles. The third kappa shape index (κ3) is 3.33. The van der Waals surface area contributed by atoms with Gasteiger partial charge in [0, 0.05) is 24.2 Å². The van der Waals surface area contributed by atoms with Gasteiger partial charge in [-0.1, -0.05) is 29.4 Å². The lowest BCUT2D eigenvalue weighted by atomic mass is 10.3. The van der Waals surface area contributed by atoms with Crippen LogP contribution in [0.5, 0.6) is 5.75 Å². The average Bonchev–Trinajstić information content (AvgIpc) is 3.25. The monoisotopic (exact) mass is 371 g/mol. The lowest BCUT2D eigenvalue weighted by Crippen LogP contribution is -1.96. The fourth-order valence-electron chi connectivity index (χ4n) is 2.49. The van der Waals surface area contributed by atoms with Crippen LogP contribution in [-0.4, -0.2) is 31.3 Å². The van der Waals surface area contributed by atoms with Crippen LogP contribution in [0.3, 0.4) is 0 Å². The summed E-state index contributed by atoms with van der Waals surface area (Å²) in [5.41, 5.74) is 2.77. The van der Waals surface area contributed by atoms with Crippen LogP contribution in [-0.2, 0) is 5.75 Å². The van der Waals surface area contributed by atoms with E-state index < -0.39 is 0 Å². The fourth-order valence-corrected chi connectivity index (χ4v) is 3.47. The van der Waals surface area contributed by atoms with Crippen LogP contribution in [0.1, 0.15) is 5.69 Å². The molecule has 4 aromatic rings. The molecule has 0 aliphatic rings. The molecule has 0 aliphatic carbocycles. The summed E-state index contributed by atoms with van der Waals surface area (Å²) in [6.45, 7) is 0. The van der Waals surface area contributed by atoms with Crippen molar-refractivity contribution in [2.75, 3.05) is 7.11 Å². The lowest BCUT2D eigenvalue weighted by molar-refractivity contribution is 0.414. The molecule has 0 amide bonds. The van der Waals surface area contributed by atoms with Gasteiger partial charge in [-0.15, -0.1) is 10.2 Å². The molecule has 0 aliphatic heterocycles. The van der Waals surface area contributed by atoms with Crippen LogP contribution in [0.15, 0.2) is 60.3 Å². The molecular weight excluding hydrogens is 358 g/mol. The van der Waals surface area contributed by atoms with Gasteiger partial charge >= 0.3 is 0 Å². The summed E-state index contributed by atoms with van der Waals surface area (Å²) < 4.78 is 9.13. The minimum Gasteiger partial charge on any atom is -0.497 e. The van der Waals surface area contributed by atoms with Crippen molar-refractivity contribution in [3.05, 3.63) is 65.8 Å². The number of pyridine rings is 1. The minimum atomic E-state index is 0.682. The summed E-state index contributed by atoms with van der Waals surface area (Å²) >= 11 is 7.59. The van der Waals surface area contributed by atoms with E-state index in [0.717, 1.165) is 27.9 Å². The molecule has 3 aromatic heterocycles. The maximum atomic E-state index is 6.01. The molecule has 1 aromatic carbocycles. The predicted molar refractivity (Wildman–Crippen MR) is 97.7 cm³/mol. The summed E-state index contributed by atoms with van der Waals surface area (Å²) in [4.78, 5) is 4.59. The van der Waals surface area contributed by atoms with E-state index in [1.165, 1.54) is 0 Å². The molecule has 0 N–H and O–H groups in total. The fraction of sp³-hybridized carbons (Fsp3) is 0.118. The van der Waals surface area contributed by atoms with Gasteiger partial charge in [0.15, 0.2) is 5.16 Å². The van der Waals surface area contributed by atoms with Gasteiger partial charge < -0.3 is 9.14 Å². The lowest BCUT2D eigenvalue weighted by Gasteiger charge is -2.07. The molecule has 0 fully saturated rings. The number of fused-ring (bicyclic) bond motifs is 1. The minimum absolute atomic E-state index is 0.682. The Labute approximate surface area is 153 Å². The maximum absolute atomic E-state index is 6.01. The maximum Gasteiger partial charge on any atom is 0.195 e. The first-order chi connectivity index (χ1) is 12.2. The van der Waals surface area contributed by atoms with Gasteiger partial charge in [0.05, 0.1) is 23.5 Å². The highest BCUT2D eigenvalue weighted by Gasteiger charge is 2.10. The van der Waals surface area contributed by atoms with E-state index in [1.54, 1.807) is 25.2 Å². The zero-order chi connectivity index (χ0) is 17.2. The Hall–Kier alpha value is -2.51. The molecule has 0 saturated carbocycles. The van der Waals surface area contributed by atoms with Gasteiger partial charge in [0.25, 0.3) is 0 Å². The largest absolute Gasteiger partial charge is 0.497 e. The Morgan fingerprint density at radius 2 is 2.12 bits per heavy atom. The molecule has 0 bridgehead atoms. The van der Waals surface area contributed by atoms with E-state index in [1.807, 2.05) is 57.8 Å². The van der Waals surface area contributed by atoms with Crippen LogP contribution in [0.2, 0.25) is 5.02 Å². The second-order valence-corrected chi connectivity index (χ2v) is 6.70. The van der Waals surface area contributed by atoms with Crippen molar-refractivity contribution in [3.63, 3.8) is 0 Å². The molecule has 0 spiro atoms. The third-order valence-corrected chi connectivity index (χ3v) is 4.86. The van der Waals surface area contributed by atoms with Crippen LogP contribution >= 0.6 is 23.4 Å². The van der Waals surface area contributed by atoms with Gasteiger partial charge in [-0.25, -0.2) is 4.98 Å². The zero-order valence-electron chi connectivity index (χ0n) is 13.3. The van der Waals surface area contributed by atoms with E-state index in [0.29, 0.717) is 10.8 Å². The summed E-state index contributed by atoms with van der Waals surface area (Å²) in [6.07, 6.45) is 5.51. The Morgan fingerprint density at radius 1 is 1.20 bits per heavy atom. The summed E-state index contributed by atoms with van der Waals surface area (Å²) in [5, 5.41) is 9.72. The van der Waals surface area contributed by atoms with Crippen molar-refractivity contribution < 1.29 is 4.74 Å². The molecular formula is C17H14ClN5OS. The van der Waals surface area contributed by atoms with E-state index in [-0.39, 0.29) is 0 Å². The van der Waals surface area contributed by atoms with E-state index in [9.17, 15) is 0 Å². The summed E-state index contributed by atoms with van der Waals surface area (Å²) in [7, 11) is 1.65. The van der Waals surface area contributed by atoms with Crippen molar-refractivity contribution >= 4 is 29.0 Å². The highest BCUT2D eigenvalue weighted by Crippen LogP contribution is 2.25. The van der Waals surface area contributed by atoms with E-state index >= 15 is 0 Å². The molecule has 6 nitrogen and oxygen atoms in total. The second kappa shape index (κ2) is 6.78. The van der Waals surface area contributed by atoms with Crippen molar-refractivity contribution in [2.24, 2.45) is 0 Å². The van der Waals surface area contributed by atoms with Crippen LogP contribution in [0, 0.1) is 0 Å². The molecule has 0 unspecified atom stereocenters. The standard InChI is InChI=1S/C17H14ClN5OS/c1-24-15-4-2-3-14(7-15)23-11-19-21-17(23)25-10-13-9-22-8-12(18)5-6-16(22)20-13/h2-9,11H,10H2,1H3. The van der Waals surface area contributed by atoms with Crippen LogP contribution in [0.25, 0.3) is 11.3 Å². The number of ether oxygens (including phenoxy) is 1. The van der Waals surface area contributed by atoms with Crippen LogP contribution in [0.4, 0.5) is 0 Å². The van der Waals surface area contributed by atoms with Gasteiger partial charge in [0.2, 0.25) is 0 Å². The number of benzene rings is 1. The van der Waals surface area contributed by atoms with Crippen molar-refractivity contribution in [2.45, 2.75) is 10.9 Å². The summed E-state index contributed by atoms with van der Waals surface area (Å²) in [6, 6.07) is 11.5. The van der Waals surface area contributed by atoms with Crippen molar-refractivity contribution in [1.29, 1.82) is 0 Å². The number of halogens is 1. The van der Waals surface area contributed by atoms with Crippen molar-refractivity contribution in [1.82, 2.24) is 24.1 Å². The first kappa shape index (κ1) is 16.0. The Balaban J connectivity index is 1.56. The average molecular weight is 372 g/mol. The molecule has 8 heteroatoms. The highest BCUT2D eigenvalue weighted by atomic mass is 35.5. The summed E-state index contributed by atoms with van der Waals surface area (Å²) in [5.74, 6) is 1.47. The first-order valence-corrected chi connectivity index (χ1v) is 8.90. The SMILES string of the molecule is COc1cccc(-n2cnnc2SCc2cn3cc(Cl)ccc3n2)c1. The van der Waals surface area contributed by atoms with Gasteiger partial charge in [-0.05, 0) is 24.3 Å². The number of hydrogen-bond acceptors (Lipinski definition) is 5. The quantitative estimate of drug-likeness (QED) is 0.498. The van der Waals surface area contributed by atoms with Gasteiger partial charge in [-0.3, -0.25) is 4.57 Å².